The van der Waals surface area contributed by atoms with Gasteiger partial charge in [-0.1, -0.05) is 0 Å². The lowest BCUT2D eigenvalue weighted by molar-refractivity contribution is 0.172. The highest BCUT2D eigenvalue weighted by molar-refractivity contribution is 7.11. The molecule has 1 aliphatic rings. The Morgan fingerprint density at radius 1 is 1.03 bits per heavy atom. The van der Waals surface area contributed by atoms with Crippen LogP contribution in [0.2, 0.25) is 0 Å². The number of nitrogens with zero attached hydrogens (tertiary/aromatic N) is 3. The first-order valence-corrected chi connectivity index (χ1v) is 10.9. The average Bonchev–Trinajstić information content (AvgIpc) is 3.19. The van der Waals surface area contributed by atoms with Gasteiger partial charge in [-0.25, -0.2) is 0 Å². The smallest absolute Gasteiger partial charge is 0.203 e. The van der Waals surface area contributed by atoms with Gasteiger partial charge in [0.05, 0.1) is 27.9 Å². The number of piperazine rings is 1. The van der Waals surface area contributed by atoms with Gasteiger partial charge in [-0.2, -0.15) is 0 Å². The maximum absolute atomic E-state index is 5.48. The fraction of sp³-hybridized carbons (Fsp3) is 0.500. The summed E-state index contributed by atoms with van der Waals surface area (Å²) >= 11 is 1.82. The van der Waals surface area contributed by atoms with Gasteiger partial charge in [-0.05, 0) is 36.8 Å². The summed E-state index contributed by atoms with van der Waals surface area (Å²) in [5.41, 5.74) is 1.15. The van der Waals surface area contributed by atoms with Gasteiger partial charge in [0.2, 0.25) is 5.75 Å². The first kappa shape index (κ1) is 22.2. The monoisotopic (exact) mass is 432 g/mol. The summed E-state index contributed by atoms with van der Waals surface area (Å²) in [6, 6.07) is 8.39. The molecule has 0 radical (unpaired) electrons. The van der Waals surface area contributed by atoms with Crippen LogP contribution < -0.4 is 19.5 Å². The standard InChI is InChI=1S/C22H32N4O3S/c1-16-6-7-18(30-16)14-24-22(23-2)26-10-8-25(9-11-26)15-17-12-19(27-3)21(29-5)20(13-17)28-4/h6-7,12-13H,8-11,14-15H2,1-5H3,(H,23,24). The van der Waals surface area contributed by atoms with Crippen LogP contribution in [0.1, 0.15) is 15.3 Å². The molecule has 0 spiro atoms. The lowest BCUT2D eigenvalue weighted by atomic mass is 10.1. The van der Waals surface area contributed by atoms with Gasteiger partial charge in [0.1, 0.15) is 0 Å². The van der Waals surface area contributed by atoms with Crippen LogP contribution in [0.15, 0.2) is 29.3 Å². The zero-order chi connectivity index (χ0) is 21.5. The predicted octanol–water partition coefficient (Wildman–Crippen LogP) is 2.98. The molecular weight excluding hydrogens is 400 g/mol. The molecule has 7 nitrogen and oxygen atoms in total. The zero-order valence-electron chi connectivity index (χ0n) is 18.5. The molecule has 0 atom stereocenters. The molecule has 2 aromatic rings. The molecule has 1 aliphatic heterocycles. The molecule has 1 aromatic carbocycles. The Morgan fingerprint density at radius 2 is 1.70 bits per heavy atom. The Balaban J connectivity index is 1.56. The Bertz CT molecular complexity index is 835. The van der Waals surface area contributed by atoms with Gasteiger partial charge in [0.15, 0.2) is 17.5 Å². The van der Waals surface area contributed by atoms with Crippen molar-refractivity contribution in [1.82, 2.24) is 15.1 Å². The molecule has 0 amide bonds. The van der Waals surface area contributed by atoms with Crippen LogP contribution in [0.3, 0.4) is 0 Å². The van der Waals surface area contributed by atoms with Crippen molar-refractivity contribution in [2.45, 2.75) is 20.0 Å². The molecular formula is C22H32N4O3S. The SMILES string of the molecule is CN=C(NCc1ccc(C)s1)N1CCN(Cc2cc(OC)c(OC)c(OC)c2)CC1. The number of methoxy groups -OCH3 is 3. The number of aliphatic imine (C=N–C) groups is 1. The van der Waals surface area contributed by atoms with Crippen molar-refractivity contribution in [2.24, 2.45) is 4.99 Å². The Labute approximate surface area is 183 Å². The molecule has 0 saturated carbocycles. The molecule has 3 rings (SSSR count). The van der Waals surface area contributed by atoms with Crippen molar-refractivity contribution in [3.05, 3.63) is 39.6 Å². The van der Waals surface area contributed by atoms with Gasteiger partial charge in [-0.15, -0.1) is 11.3 Å². The highest BCUT2D eigenvalue weighted by atomic mass is 32.1. The fourth-order valence-electron chi connectivity index (χ4n) is 3.68. The van der Waals surface area contributed by atoms with E-state index in [0.717, 1.165) is 50.8 Å². The Kier molecular flexibility index (Phi) is 7.81. The summed E-state index contributed by atoms with van der Waals surface area (Å²) in [7, 11) is 6.77. The average molecular weight is 433 g/mol. The van der Waals surface area contributed by atoms with E-state index in [1.807, 2.05) is 30.5 Å². The van der Waals surface area contributed by atoms with Gasteiger partial charge in [-0.3, -0.25) is 9.89 Å². The second kappa shape index (κ2) is 10.5. The Morgan fingerprint density at radius 3 is 2.20 bits per heavy atom. The zero-order valence-corrected chi connectivity index (χ0v) is 19.3. The fourth-order valence-corrected chi connectivity index (χ4v) is 4.51. The van der Waals surface area contributed by atoms with Gasteiger partial charge >= 0.3 is 0 Å². The molecule has 2 heterocycles. The molecule has 0 aliphatic carbocycles. The molecule has 0 bridgehead atoms. The third kappa shape index (κ3) is 5.37. The summed E-state index contributed by atoms with van der Waals surface area (Å²) < 4.78 is 16.4. The number of rotatable bonds is 7. The van der Waals surface area contributed by atoms with Crippen molar-refractivity contribution in [3.8, 4) is 17.2 Å². The van der Waals surface area contributed by atoms with Crippen LogP contribution in [0.25, 0.3) is 0 Å². The van der Waals surface area contributed by atoms with E-state index in [-0.39, 0.29) is 0 Å². The molecule has 1 N–H and O–H groups in total. The largest absolute Gasteiger partial charge is 0.493 e. The minimum atomic E-state index is 0.629. The van der Waals surface area contributed by atoms with Crippen LogP contribution in [0.4, 0.5) is 0 Å². The third-order valence-electron chi connectivity index (χ3n) is 5.23. The van der Waals surface area contributed by atoms with Crippen LogP contribution in [0, 0.1) is 6.92 Å². The predicted molar refractivity (Wildman–Crippen MR) is 122 cm³/mol. The van der Waals surface area contributed by atoms with E-state index < -0.39 is 0 Å². The number of hydrogen-bond donors (Lipinski definition) is 1. The van der Waals surface area contributed by atoms with E-state index >= 15 is 0 Å². The minimum Gasteiger partial charge on any atom is -0.493 e. The normalized spacial score (nSPS) is 15.2. The van der Waals surface area contributed by atoms with Crippen molar-refractivity contribution in [2.75, 3.05) is 54.6 Å². The first-order chi connectivity index (χ1) is 14.6. The maximum Gasteiger partial charge on any atom is 0.203 e. The van der Waals surface area contributed by atoms with Crippen molar-refractivity contribution >= 4 is 17.3 Å². The van der Waals surface area contributed by atoms with Gasteiger partial charge in [0.25, 0.3) is 0 Å². The molecule has 8 heteroatoms. The van der Waals surface area contributed by atoms with E-state index in [9.17, 15) is 0 Å². The summed E-state index contributed by atoms with van der Waals surface area (Å²) in [6.07, 6.45) is 0. The highest BCUT2D eigenvalue weighted by Gasteiger charge is 2.21. The summed E-state index contributed by atoms with van der Waals surface area (Å²) in [4.78, 5) is 11.9. The molecule has 1 fully saturated rings. The second-order valence-electron chi connectivity index (χ2n) is 7.21. The van der Waals surface area contributed by atoms with Crippen LogP contribution in [-0.2, 0) is 13.1 Å². The number of hydrogen-bond acceptors (Lipinski definition) is 6. The van der Waals surface area contributed by atoms with E-state index in [2.05, 4.69) is 39.2 Å². The number of thiophene rings is 1. The quantitative estimate of drug-likeness (QED) is 0.536. The second-order valence-corrected chi connectivity index (χ2v) is 8.58. The van der Waals surface area contributed by atoms with Gasteiger partial charge in [0, 0.05) is 49.5 Å². The lowest BCUT2D eigenvalue weighted by Crippen LogP contribution is -2.52. The van der Waals surface area contributed by atoms with Gasteiger partial charge < -0.3 is 24.4 Å². The van der Waals surface area contributed by atoms with E-state index in [1.54, 1.807) is 21.3 Å². The summed E-state index contributed by atoms with van der Waals surface area (Å²) in [5, 5.41) is 3.50. The van der Waals surface area contributed by atoms with E-state index in [1.165, 1.54) is 9.75 Å². The molecule has 30 heavy (non-hydrogen) atoms. The van der Waals surface area contributed by atoms with Crippen molar-refractivity contribution < 1.29 is 14.2 Å². The Hall–Kier alpha value is -2.45. The number of benzene rings is 1. The van der Waals surface area contributed by atoms with Crippen LogP contribution in [-0.4, -0.2) is 70.3 Å². The highest BCUT2D eigenvalue weighted by Crippen LogP contribution is 2.38. The molecule has 0 unspecified atom stereocenters. The first-order valence-electron chi connectivity index (χ1n) is 10.1. The number of aryl methyl sites for hydroxylation is 1. The van der Waals surface area contributed by atoms with Crippen LogP contribution in [0.5, 0.6) is 17.2 Å². The third-order valence-corrected chi connectivity index (χ3v) is 6.23. The minimum absolute atomic E-state index is 0.629. The van der Waals surface area contributed by atoms with E-state index in [4.69, 9.17) is 14.2 Å². The summed E-state index contributed by atoms with van der Waals surface area (Å²) in [6.45, 7) is 7.60. The van der Waals surface area contributed by atoms with E-state index in [0.29, 0.717) is 17.2 Å². The number of guanidine groups is 1. The topological polar surface area (TPSA) is 58.6 Å². The lowest BCUT2D eigenvalue weighted by Gasteiger charge is -2.36. The number of ether oxygens (including phenoxy) is 3. The van der Waals surface area contributed by atoms with Crippen LogP contribution >= 0.6 is 11.3 Å². The number of nitrogens with one attached hydrogen (secondary N) is 1. The van der Waals surface area contributed by atoms with Crippen molar-refractivity contribution in [1.29, 1.82) is 0 Å². The molecule has 1 saturated heterocycles. The summed E-state index contributed by atoms with van der Waals surface area (Å²) in [5.74, 6) is 2.98. The molecule has 164 valence electrons. The maximum atomic E-state index is 5.48. The van der Waals surface area contributed by atoms with Crippen molar-refractivity contribution in [3.63, 3.8) is 0 Å². The molecule has 1 aromatic heterocycles.